The van der Waals surface area contributed by atoms with Crippen molar-refractivity contribution in [3.05, 3.63) is 48.0 Å². The normalized spacial score (nSPS) is 17.3. The second-order valence-electron chi connectivity index (χ2n) is 7.16. The first-order valence-corrected chi connectivity index (χ1v) is 11.1. The van der Waals surface area contributed by atoms with Gasteiger partial charge in [0.25, 0.3) is 9.84 Å². The highest BCUT2D eigenvalue weighted by molar-refractivity contribution is 7.92. The van der Waals surface area contributed by atoms with E-state index in [0.717, 1.165) is 12.1 Å². The van der Waals surface area contributed by atoms with Gasteiger partial charge in [0.1, 0.15) is 17.3 Å². The van der Waals surface area contributed by atoms with Crippen molar-refractivity contribution in [2.24, 2.45) is 4.99 Å². The first kappa shape index (κ1) is 21.6. The number of nitrogens with zero attached hydrogens (tertiary/aromatic N) is 3. The standard InChI is InChI=1S/C20H20F3N3O4S/c21-20(22,23)31(28,29)14-5-6-17-15(13-14)19(24-16-3-1-2-4-18(16)30-17)26-9-7-25(8-10-26)11-12-27/h1-6,13,27H,7-12H2. The van der Waals surface area contributed by atoms with Crippen LogP contribution < -0.4 is 4.74 Å². The number of alkyl halides is 3. The molecule has 1 saturated heterocycles. The summed E-state index contributed by atoms with van der Waals surface area (Å²) in [4.78, 5) is 7.72. The third-order valence-electron chi connectivity index (χ3n) is 5.21. The molecule has 0 aromatic heterocycles. The van der Waals surface area contributed by atoms with Gasteiger partial charge in [0.2, 0.25) is 0 Å². The lowest BCUT2D eigenvalue weighted by Crippen LogP contribution is -2.49. The fourth-order valence-electron chi connectivity index (χ4n) is 3.57. The molecule has 0 atom stereocenters. The van der Waals surface area contributed by atoms with Crippen molar-refractivity contribution < 1.29 is 31.4 Å². The van der Waals surface area contributed by atoms with Gasteiger partial charge < -0.3 is 14.7 Å². The summed E-state index contributed by atoms with van der Waals surface area (Å²) < 4.78 is 69.2. The van der Waals surface area contributed by atoms with Gasteiger partial charge in [-0.25, -0.2) is 13.4 Å². The predicted octanol–water partition coefficient (Wildman–Crippen LogP) is 2.77. The van der Waals surface area contributed by atoms with Crippen LogP contribution in [0.15, 0.2) is 52.4 Å². The second kappa shape index (κ2) is 8.13. The van der Waals surface area contributed by atoms with Crippen molar-refractivity contribution in [2.45, 2.75) is 10.4 Å². The van der Waals surface area contributed by atoms with Gasteiger partial charge in [-0.2, -0.15) is 13.2 Å². The number of ether oxygens (including phenoxy) is 1. The summed E-state index contributed by atoms with van der Waals surface area (Å²) in [7, 11) is -5.52. The average molecular weight is 455 g/mol. The Morgan fingerprint density at radius 3 is 2.42 bits per heavy atom. The highest BCUT2D eigenvalue weighted by atomic mass is 32.2. The van der Waals surface area contributed by atoms with Gasteiger partial charge in [-0.05, 0) is 30.3 Å². The molecule has 2 aliphatic heterocycles. The maximum Gasteiger partial charge on any atom is 0.501 e. The largest absolute Gasteiger partial charge is 0.501 e. The maximum atomic E-state index is 13.1. The maximum absolute atomic E-state index is 13.1. The van der Waals surface area contributed by atoms with Gasteiger partial charge >= 0.3 is 5.51 Å². The number of rotatable bonds is 3. The Morgan fingerprint density at radius 2 is 1.74 bits per heavy atom. The molecule has 0 bridgehead atoms. The third-order valence-corrected chi connectivity index (χ3v) is 6.69. The molecule has 166 valence electrons. The zero-order chi connectivity index (χ0) is 22.2. The number of benzene rings is 2. The molecule has 31 heavy (non-hydrogen) atoms. The molecule has 2 aromatic rings. The second-order valence-corrected chi connectivity index (χ2v) is 9.11. The van der Waals surface area contributed by atoms with Crippen molar-refractivity contribution in [1.29, 1.82) is 0 Å². The van der Waals surface area contributed by atoms with Crippen molar-refractivity contribution in [1.82, 2.24) is 9.80 Å². The number of aliphatic hydroxyl groups is 1. The summed E-state index contributed by atoms with van der Waals surface area (Å²) in [6.45, 7) is 2.82. The van der Waals surface area contributed by atoms with E-state index in [-0.39, 0.29) is 17.9 Å². The summed E-state index contributed by atoms with van der Waals surface area (Å²) in [6, 6.07) is 10.0. The van der Waals surface area contributed by atoms with Crippen molar-refractivity contribution >= 4 is 21.4 Å². The molecule has 7 nitrogen and oxygen atoms in total. The van der Waals surface area contributed by atoms with Crippen LogP contribution in [-0.2, 0) is 9.84 Å². The molecule has 2 aromatic carbocycles. The van der Waals surface area contributed by atoms with Gasteiger partial charge in [-0.15, -0.1) is 0 Å². The first-order valence-electron chi connectivity index (χ1n) is 9.60. The van der Waals surface area contributed by atoms with E-state index in [2.05, 4.69) is 9.89 Å². The van der Waals surface area contributed by atoms with E-state index in [0.29, 0.717) is 50.0 Å². The molecule has 1 fully saturated rings. The lowest BCUT2D eigenvalue weighted by molar-refractivity contribution is -0.0436. The number of halogens is 3. The summed E-state index contributed by atoms with van der Waals surface area (Å²) in [5, 5.41) is 9.14. The lowest BCUT2D eigenvalue weighted by atomic mass is 10.1. The molecule has 0 amide bonds. The Balaban J connectivity index is 1.80. The van der Waals surface area contributed by atoms with Crippen LogP contribution in [0.3, 0.4) is 0 Å². The van der Waals surface area contributed by atoms with Crippen LogP contribution in [-0.4, -0.2) is 74.0 Å². The quantitative estimate of drug-likeness (QED) is 0.767. The number of amidine groups is 1. The third kappa shape index (κ3) is 4.12. The van der Waals surface area contributed by atoms with E-state index < -0.39 is 20.2 Å². The van der Waals surface area contributed by atoms with Gasteiger partial charge in [-0.1, -0.05) is 12.1 Å². The summed E-state index contributed by atoms with van der Waals surface area (Å²) >= 11 is 0. The van der Waals surface area contributed by atoms with Gasteiger partial charge in [0.05, 0.1) is 17.1 Å². The van der Waals surface area contributed by atoms with Crippen LogP contribution >= 0.6 is 0 Å². The van der Waals surface area contributed by atoms with E-state index in [1.165, 1.54) is 6.07 Å². The molecule has 2 heterocycles. The lowest BCUT2D eigenvalue weighted by Gasteiger charge is -2.36. The van der Waals surface area contributed by atoms with Crippen LogP contribution in [0.2, 0.25) is 0 Å². The van der Waals surface area contributed by atoms with Crippen LogP contribution in [0.25, 0.3) is 0 Å². The highest BCUT2D eigenvalue weighted by Gasteiger charge is 2.47. The Bertz CT molecular complexity index is 1110. The number of hydrogen-bond donors (Lipinski definition) is 1. The molecule has 1 N–H and O–H groups in total. The highest BCUT2D eigenvalue weighted by Crippen LogP contribution is 2.40. The Labute approximate surface area is 177 Å². The van der Waals surface area contributed by atoms with Crippen LogP contribution in [0.4, 0.5) is 18.9 Å². The number of para-hydroxylation sites is 2. The monoisotopic (exact) mass is 455 g/mol. The summed E-state index contributed by atoms with van der Waals surface area (Å²) in [6.07, 6.45) is 0. The fraction of sp³-hybridized carbons (Fsp3) is 0.350. The van der Waals surface area contributed by atoms with Gasteiger partial charge in [-0.3, -0.25) is 4.90 Å². The van der Waals surface area contributed by atoms with E-state index in [9.17, 15) is 21.6 Å². The van der Waals surface area contributed by atoms with Crippen molar-refractivity contribution in [2.75, 3.05) is 39.3 Å². The Hall–Kier alpha value is -2.63. The number of aliphatic imine (C=N–C) groups is 1. The van der Waals surface area contributed by atoms with Crippen molar-refractivity contribution in [3.8, 4) is 11.5 Å². The molecule has 0 spiro atoms. The van der Waals surface area contributed by atoms with Crippen LogP contribution in [0.5, 0.6) is 11.5 Å². The number of hydrogen-bond acceptors (Lipinski definition) is 7. The predicted molar refractivity (Wildman–Crippen MR) is 107 cm³/mol. The number of aliphatic hydroxyl groups excluding tert-OH is 1. The average Bonchev–Trinajstić information content (AvgIpc) is 2.90. The number of fused-ring (bicyclic) bond motifs is 2. The molecule has 0 aliphatic carbocycles. The van der Waals surface area contributed by atoms with E-state index in [1.54, 1.807) is 24.3 Å². The Kier molecular flexibility index (Phi) is 5.67. The van der Waals surface area contributed by atoms with E-state index in [1.807, 2.05) is 4.90 Å². The molecular weight excluding hydrogens is 435 g/mol. The molecular formula is C20H20F3N3O4S. The zero-order valence-corrected chi connectivity index (χ0v) is 17.2. The van der Waals surface area contributed by atoms with E-state index in [4.69, 9.17) is 9.84 Å². The van der Waals surface area contributed by atoms with Crippen LogP contribution in [0, 0.1) is 0 Å². The molecule has 11 heteroatoms. The smallest absolute Gasteiger partial charge is 0.454 e. The molecule has 4 rings (SSSR count). The topological polar surface area (TPSA) is 82.4 Å². The molecule has 0 unspecified atom stereocenters. The number of β-amino-alcohol motifs (C(OH)–C–C–N with tert-alkyl or cyclic N) is 1. The minimum Gasteiger partial charge on any atom is -0.454 e. The zero-order valence-electron chi connectivity index (χ0n) is 16.3. The van der Waals surface area contributed by atoms with Gasteiger partial charge in [0, 0.05) is 32.7 Å². The van der Waals surface area contributed by atoms with E-state index >= 15 is 0 Å². The fourth-order valence-corrected chi connectivity index (χ4v) is 4.36. The molecule has 0 radical (unpaired) electrons. The van der Waals surface area contributed by atoms with Gasteiger partial charge in [0.15, 0.2) is 5.75 Å². The summed E-state index contributed by atoms with van der Waals surface area (Å²) in [5.74, 6) is 0.995. The SMILES string of the molecule is O=S(=O)(c1ccc2c(c1)C(N1CCN(CCO)CC1)=Nc1ccccc1O2)C(F)(F)F. The number of sulfone groups is 1. The minimum atomic E-state index is -5.52. The minimum absolute atomic E-state index is 0.0314. The van der Waals surface area contributed by atoms with Crippen molar-refractivity contribution in [3.63, 3.8) is 0 Å². The van der Waals surface area contributed by atoms with Crippen LogP contribution in [0.1, 0.15) is 5.56 Å². The Morgan fingerprint density at radius 1 is 1.03 bits per heavy atom. The number of piperazine rings is 1. The molecule has 2 aliphatic rings. The molecule has 0 saturated carbocycles. The summed E-state index contributed by atoms with van der Waals surface area (Å²) in [5.41, 5.74) is -4.74. The first-order chi connectivity index (χ1) is 14.7.